The van der Waals surface area contributed by atoms with E-state index >= 15 is 0 Å². The summed E-state index contributed by atoms with van der Waals surface area (Å²) in [5.41, 5.74) is 4.95. The Labute approximate surface area is 121 Å². The van der Waals surface area contributed by atoms with E-state index in [2.05, 4.69) is 10.1 Å². The molecule has 21 heavy (non-hydrogen) atoms. The highest BCUT2D eigenvalue weighted by molar-refractivity contribution is 5.99. The molecule has 0 bridgehead atoms. The number of anilines is 1. The first-order valence-corrected chi connectivity index (χ1v) is 6.46. The highest BCUT2D eigenvalue weighted by atomic mass is 16.6. The van der Waals surface area contributed by atoms with Gasteiger partial charge in [0.1, 0.15) is 5.82 Å². The second kappa shape index (κ2) is 8.00. The van der Waals surface area contributed by atoms with Crippen molar-refractivity contribution in [3.63, 3.8) is 0 Å². The van der Waals surface area contributed by atoms with Crippen LogP contribution in [0.5, 0.6) is 0 Å². The number of aliphatic hydroxyl groups excluding tert-OH is 1. The van der Waals surface area contributed by atoms with Gasteiger partial charge >= 0.3 is 0 Å². The summed E-state index contributed by atoms with van der Waals surface area (Å²) >= 11 is 0. The Balaban J connectivity index is 2.91. The van der Waals surface area contributed by atoms with Gasteiger partial charge in [-0.05, 0) is 25.3 Å². The van der Waals surface area contributed by atoms with Gasteiger partial charge in [-0.3, -0.25) is 10.1 Å². The third-order valence-corrected chi connectivity index (χ3v) is 2.95. The van der Waals surface area contributed by atoms with Crippen molar-refractivity contribution in [3.8, 4) is 0 Å². The predicted molar refractivity (Wildman–Crippen MR) is 77.6 cm³/mol. The molecule has 0 unspecified atom stereocenters. The zero-order valence-electron chi connectivity index (χ0n) is 11.8. The second-order valence-electron chi connectivity index (χ2n) is 4.49. The van der Waals surface area contributed by atoms with Crippen LogP contribution in [0, 0.1) is 10.1 Å². The zero-order valence-corrected chi connectivity index (χ0v) is 11.8. The smallest absolute Gasteiger partial charge is 0.298 e. The number of hydrogen-bond acceptors (Lipinski definition) is 7. The van der Waals surface area contributed by atoms with Gasteiger partial charge in [0, 0.05) is 26.3 Å². The monoisotopic (exact) mass is 297 g/mol. The van der Waals surface area contributed by atoms with Crippen molar-refractivity contribution in [1.29, 1.82) is 0 Å². The molecule has 0 spiro atoms. The first kappa shape index (κ1) is 16.6. The Hall–Kier alpha value is -2.42. The molecular formula is C12H19N5O4. The van der Waals surface area contributed by atoms with Crippen molar-refractivity contribution in [1.82, 2.24) is 4.98 Å². The van der Waals surface area contributed by atoms with Gasteiger partial charge in [-0.15, -0.1) is 0 Å². The maximum Gasteiger partial charge on any atom is 0.298 e. The van der Waals surface area contributed by atoms with Crippen LogP contribution in [0.1, 0.15) is 25.0 Å². The molecule has 0 aliphatic rings. The number of amidine groups is 1. The van der Waals surface area contributed by atoms with E-state index in [-0.39, 0.29) is 18.0 Å². The molecule has 0 fully saturated rings. The predicted octanol–water partition coefficient (Wildman–Crippen LogP) is 0.683. The van der Waals surface area contributed by atoms with Crippen LogP contribution in [0.4, 0.5) is 11.5 Å². The number of aromatic nitrogens is 1. The molecule has 1 heterocycles. The lowest BCUT2D eigenvalue weighted by atomic mass is 10.2. The molecule has 9 heteroatoms. The van der Waals surface area contributed by atoms with Crippen molar-refractivity contribution in [2.75, 3.05) is 25.1 Å². The minimum Gasteiger partial charge on any atom is -0.409 e. The average Bonchev–Trinajstić information content (AvgIpc) is 2.49. The Morgan fingerprint density at radius 3 is 2.76 bits per heavy atom. The van der Waals surface area contributed by atoms with Crippen molar-refractivity contribution < 1.29 is 15.2 Å². The number of nitrogens with zero attached hydrogens (tertiary/aromatic N) is 4. The highest BCUT2D eigenvalue weighted by Gasteiger charge is 2.20. The van der Waals surface area contributed by atoms with Crippen LogP contribution in [-0.2, 0) is 0 Å². The van der Waals surface area contributed by atoms with E-state index in [1.165, 1.54) is 12.1 Å². The van der Waals surface area contributed by atoms with Gasteiger partial charge < -0.3 is 20.9 Å². The SMILES string of the molecule is CN(CCCCCO)c1ccc([N+](=O)[O-])c(/C(N)=N/O)n1. The third kappa shape index (κ3) is 4.56. The van der Waals surface area contributed by atoms with Crippen molar-refractivity contribution >= 4 is 17.3 Å². The summed E-state index contributed by atoms with van der Waals surface area (Å²) in [7, 11) is 1.79. The lowest BCUT2D eigenvalue weighted by molar-refractivity contribution is -0.385. The van der Waals surface area contributed by atoms with Crippen LogP contribution in [0.3, 0.4) is 0 Å². The van der Waals surface area contributed by atoms with E-state index in [1.54, 1.807) is 7.05 Å². The molecule has 0 atom stereocenters. The van der Waals surface area contributed by atoms with Crippen molar-refractivity contribution in [2.24, 2.45) is 10.9 Å². The zero-order chi connectivity index (χ0) is 15.8. The molecule has 1 rings (SSSR count). The fraction of sp³-hybridized carbons (Fsp3) is 0.500. The van der Waals surface area contributed by atoms with Gasteiger partial charge in [0.2, 0.25) is 0 Å². The van der Waals surface area contributed by atoms with Crippen molar-refractivity contribution in [2.45, 2.75) is 19.3 Å². The summed E-state index contributed by atoms with van der Waals surface area (Å²) in [5.74, 6) is 0.0865. The van der Waals surface area contributed by atoms with Crippen LogP contribution in [0.2, 0.25) is 0 Å². The fourth-order valence-corrected chi connectivity index (χ4v) is 1.79. The topological polar surface area (TPSA) is 138 Å². The molecule has 0 amide bonds. The minimum atomic E-state index is -0.634. The number of hydrogen-bond donors (Lipinski definition) is 3. The van der Waals surface area contributed by atoms with Gasteiger partial charge in [0.25, 0.3) is 5.69 Å². The summed E-state index contributed by atoms with van der Waals surface area (Å²) in [4.78, 5) is 16.2. The summed E-state index contributed by atoms with van der Waals surface area (Å²) in [5, 5.41) is 31.1. The van der Waals surface area contributed by atoms with Crippen molar-refractivity contribution in [3.05, 3.63) is 27.9 Å². The van der Waals surface area contributed by atoms with Crippen LogP contribution >= 0.6 is 0 Å². The van der Waals surface area contributed by atoms with Gasteiger partial charge in [-0.1, -0.05) is 5.16 Å². The van der Waals surface area contributed by atoms with E-state index in [1.807, 2.05) is 4.90 Å². The summed E-state index contributed by atoms with van der Waals surface area (Å²) in [6.45, 7) is 0.841. The van der Waals surface area contributed by atoms with E-state index < -0.39 is 10.8 Å². The number of aliphatic hydroxyl groups is 1. The van der Waals surface area contributed by atoms with Crippen LogP contribution in [-0.4, -0.2) is 46.3 Å². The fourth-order valence-electron chi connectivity index (χ4n) is 1.79. The highest BCUT2D eigenvalue weighted by Crippen LogP contribution is 2.21. The Bertz CT molecular complexity index is 520. The van der Waals surface area contributed by atoms with E-state index in [9.17, 15) is 10.1 Å². The number of rotatable bonds is 8. The maximum atomic E-state index is 10.9. The Morgan fingerprint density at radius 1 is 1.48 bits per heavy atom. The number of oxime groups is 1. The molecule has 0 radical (unpaired) electrons. The van der Waals surface area contributed by atoms with Gasteiger partial charge in [0.05, 0.1) is 4.92 Å². The van der Waals surface area contributed by atoms with Gasteiger partial charge in [0.15, 0.2) is 11.5 Å². The summed E-state index contributed by atoms with van der Waals surface area (Å²) < 4.78 is 0. The maximum absolute atomic E-state index is 10.9. The largest absolute Gasteiger partial charge is 0.409 e. The summed E-state index contributed by atoms with van der Waals surface area (Å²) in [6, 6.07) is 2.79. The third-order valence-electron chi connectivity index (χ3n) is 2.95. The number of nitrogens with two attached hydrogens (primary N) is 1. The van der Waals surface area contributed by atoms with E-state index in [0.29, 0.717) is 12.4 Å². The molecule has 0 aliphatic heterocycles. The molecular weight excluding hydrogens is 278 g/mol. The van der Waals surface area contributed by atoms with Gasteiger partial charge in [-0.25, -0.2) is 4.98 Å². The number of nitro groups is 1. The first-order chi connectivity index (χ1) is 10.0. The van der Waals surface area contributed by atoms with Crippen LogP contribution in [0.25, 0.3) is 0 Å². The Kier molecular flexibility index (Phi) is 6.34. The number of pyridine rings is 1. The minimum absolute atomic E-state index is 0.160. The molecule has 4 N–H and O–H groups in total. The second-order valence-corrected chi connectivity index (χ2v) is 4.49. The molecule has 1 aromatic rings. The molecule has 0 aromatic carbocycles. The first-order valence-electron chi connectivity index (χ1n) is 6.46. The molecule has 0 saturated heterocycles. The molecule has 116 valence electrons. The van der Waals surface area contributed by atoms with Crippen LogP contribution < -0.4 is 10.6 Å². The number of unbranched alkanes of at least 4 members (excludes halogenated alkanes) is 2. The van der Waals surface area contributed by atoms with E-state index in [0.717, 1.165) is 19.3 Å². The standard InChI is InChI=1S/C12H19N5O4/c1-16(7-3-2-4-8-18)10-6-5-9(17(20)21)11(14-10)12(13)15-19/h5-6,18-19H,2-4,7-8H2,1H3,(H2,13,15). The summed E-state index contributed by atoms with van der Waals surface area (Å²) in [6.07, 6.45) is 2.46. The van der Waals surface area contributed by atoms with Crippen LogP contribution in [0.15, 0.2) is 17.3 Å². The normalized spacial score (nSPS) is 11.4. The molecule has 9 nitrogen and oxygen atoms in total. The molecule has 0 saturated carbocycles. The van der Waals surface area contributed by atoms with E-state index in [4.69, 9.17) is 16.0 Å². The quantitative estimate of drug-likeness (QED) is 0.160. The lowest BCUT2D eigenvalue weighted by Crippen LogP contribution is -2.23. The molecule has 1 aromatic heterocycles. The lowest BCUT2D eigenvalue weighted by Gasteiger charge is -2.18. The van der Waals surface area contributed by atoms with Gasteiger partial charge in [-0.2, -0.15) is 0 Å². The average molecular weight is 297 g/mol. The molecule has 0 aliphatic carbocycles. The Morgan fingerprint density at radius 2 is 2.19 bits per heavy atom.